The minimum atomic E-state index is -1.10. The molecule has 0 saturated carbocycles. The Kier molecular flexibility index (Phi) is 4.83. The highest BCUT2D eigenvalue weighted by Crippen LogP contribution is 2.46. The summed E-state index contributed by atoms with van der Waals surface area (Å²) in [4.78, 5) is 14.2. The lowest BCUT2D eigenvalue weighted by Gasteiger charge is -2.51. The van der Waals surface area contributed by atoms with Crippen LogP contribution in [0.15, 0.2) is 24.3 Å². The Morgan fingerprint density at radius 2 is 1.87 bits per heavy atom. The molecular weight excluding hydrogens is 295 g/mol. The average molecular weight is 322 g/mol. The lowest BCUT2D eigenvalue weighted by Crippen LogP contribution is -2.59. The third-order valence-electron chi connectivity index (χ3n) is 5.09. The van der Waals surface area contributed by atoms with Gasteiger partial charge in [-0.15, -0.1) is 0 Å². The molecule has 1 fully saturated rings. The van der Waals surface area contributed by atoms with Gasteiger partial charge >= 0.3 is 0 Å². The van der Waals surface area contributed by atoms with Crippen LogP contribution < -0.4 is 5.73 Å². The maximum atomic E-state index is 13.2. The Balaban J connectivity index is 2.23. The van der Waals surface area contributed by atoms with Crippen molar-refractivity contribution in [3.8, 4) is 0 Å². The van der Waals surface area contributed by atoms with Crippen molar-refractivity contribution in [2.45, 2.75) is 45.8 Å². The minimum absolute atomic E-state index is 0.0727. The van der Waals surface area contributed by atoms with Crippen LogP contribution in [0.2, 0.25) is 0 Å². The molecule has 1 saturated heterocycles. The largest absolute Gasteiger partial charge is 0.384 e. The number of likely N-dealkylation sites (tertiary alicyclic amines) is 1. The number of halogens is 1. The summed E-state index contributed by atoms with van der Waals surface area (Å²) in [5, 5.41) is 11.2. The van der Waals surface area contributed by atoms with E-state index in [1.54, 1.807) is 17.0 Å². The number of hydrogen-bond donors (Lipinski definition) is 2. The normalized spacial score (nSPS) is 25.5. The van der Waals surface area contributed by atoms with E-state index in [9.17, 15) is 14.3 Å². The van der Waals surface area contributed by atoms with Crippen molar-refractivity contribution in [1.29, 1.82) is 0 Å². The van der Waals surface area contributed by atoms with Gasteiger partial charge in [0, 0.05) is 18.5 Å². The zero-order valence-corrected chi connectivity index (χ0v) is 14.3. The van der Waals surface area contributed by atoms with Gasteiger partial charge in [-0.3, -0.25) is 4.79 Å². The number of carbonyl (C=O) groups is 1. The van der Waals surface area contributed by atoms with Gasteiger partial charge < -0.3 is 15.7 Å². The van der Waals surface area contributed by atoms with E-state index in [0.717, 1.165) is 0 Å². The second-order valence-corrected chi connectivity index (χ2v) is 7.53. The molecule has 0 aliphatic carbocycles. The summed E-state index contributed by atoms with van der Waals surface area (Å²) in [7, 11) is 0. The predicted molar refractivity (Wildman–Crippen MR) is 88.1 cm³/mol. The summed E-state index contributed by atoms with van der Waals surface area (Å²) in [6, 6.07) is 5.43. The smallest absolute Gasteiger partial charge is 0.239 e. The Bertz CT molecular complexity index is 571. The predicted octanol–water partition coefficient (Wildman–Crippen LogP) is 2.26. The monoisotopic (exact) mass is 322 g/mol. The summed E-state index contributed by atoms with van der Waals surface area (Å²) >= 11 is 0. The second-order valence-electron chi connectivity index (χ2n) is 7.53. The summed E-state index contributed by atoms with van der Waals surface area (Å²) < 4.78 is 13.2. The molecule has 1 aliphatic rings. The Labute approximate surface area is 137 Å². The number of aliphatic hydroxyl groups is 1. The molecule has 1 aromatic carbocycles. The van der Waals surface area contributed by atoms with Gasteiger partial charge in [-0.05, 0) is 30.0 Å². The highest BCUT2D eigenvalue weighted by atomic mass is 19.1. The SMILES string of the molecule is CC(C)C(N)C(=O)N1CC[C@@](O)(c2ccc(F)cc2)C(C)(C)C1. The van der Waals surface area contributed by atoms with Crippen molar-refractivity contribution in [2.24, 2.45) is 17.1 Å². The van der Waals surface area contributed by atoms with E-state index in [1.807, 2.05) is 27.7 Å². The van der Waals surface area contributed by atoms with E-state index >= 15 is 0 Å². The minimum Gasteiger partial charge on any atom is -0.384 e. The topological polar surface area (TPSA) is 66.6 Å². The zero-order chi connectivity index (χ0) is 17.4. The highest BCUT2D eigenvalue weighted by molar-refractivity contribution is 5.82. The van der Waals surface area contributed by atoms with Crippen molar-refractivity contribution < 1.29 is 14.3 Å². The molecule has 2 rings (SSSR count). The van der Waals surface area contributed by atoms with Gasteiger partial charge in [0.1, 0.15) is 5.82 Å². The van der Waals surface area contributed by atoms with Gasteiger partial charge in [0.05, 0.1) is 11.6 Å². The van der Waals surface area contributed by atoms with E-state index < -0.39 is 17.1 Å². The Morgan fingerprint density at radius 3 is 2.35 bits per heavy atom. The zero-order valence-electron chi connectivity index (χ0n) is 14.3. The van der Waals surface area contributed by atoms with Crippen LogP contribution in [0.25, 0.3) is 0 Å². The molecule has 128 valence electrons. The lowest BCUT2D eigenvalue weighted by molar-refractivity contribution is -0.155. The van der Waals surface area contributed by atoms with Crippen molar-refractivity contribution in [1.82, 2.24) is 4.90 Å². The third kappa shape index (κ3) is 3.26. The van der Waals surface area contributed by atoms with Crippen LogP contribution in [0.5, 0.6) is 0 Å². The lowest BCUT2D eigenvalue weighted by atomic mass is 9.66. The van der Waals surface area contributed by atoms with E-state index in [0.29, 0.717) is 25.1 Å². The molecule has 4 nitrogen and oxygen atoms in total. The van der Waals surface area contributed by atoms with Crippen molar-refractivity contribution in [2.75, 3.05) is 13.1 Å². The van der Waals surface area contributed by atoms with Crippen LogP contribution in [0.1, 0.15) is 39.7 Å². The number of rotatable bonds is 3. The molecular formula is C18H27FN2O2. The molecule has 1 heterocycles. The summed E-state index contributed by atoms with van der Waals surface area (Å²) in [6.07, 6.45) is 0.405. The van der Waals surface area contributed by atoms with E-state index in [-0.39, 0.29) is 17.6 Å². The fourth-order valence-electron chi connectivity index (χ4n) is 3.27. The first-order chi connectivity index (χ1) is 10.6. The van der Waals surface area contributed by atoms with Crippen molar-refractivity contribution in [3.63, 3.8) is 0 Å². The van der Waals surface area contributed by atoms with Crippen molar-refractivity contribution >= 4 is 5.91 Å². The van der Waals surface area contributed by atoms with E-state index in [1.165, 1.54) is 12.1 Å². The van der Waals surface area contributed by atoms with Crippen LogP contribution in [0.3, 0.4) is 0 Å². The second kappa shape index (κ2) is 6.21. The van der Waals surface area contributed by atoms with Gasteiger partial charge in [-0.1, -0.05) is 39.8 Å². The molecule has 1 unspecified atom stereocenters. The molecule has 5 heteroatoms. The van der Waals surface area contributed by atoms with Crippen LogP contribution in [0.4, 0.5) is 4.39 Å². The van der Waals surface area contributed by atoms with Crippen LogP contribution in [-0.4, -0.2) is 35.0 Å². The first-order valence-corrected chi connectivity index (χ1v) is 8.11. The first-order valence-electron chi connectivity index (χ1n) is 8.11. The molecule has 1 amide bonds. The number of amides is 1. The van der Waals surface area contributed by atoms with Crippen LogP contribution in [-0.2, 0) is 10.4 Å². The van der Waals surface area contributed by atoms with Gasteiger partial charge in [-0.2, -0.15) is 0 Å². The number of piperidine rings is 1. The maximum absolute atomic E-state index is 13.2. The summed E-state index contributed by atoms with van der Waals surface area (Å²) in [5.74, 6) is -0.330. The number of carbonyl (C=O) groups excluding carboxylic acids is 1. The van der Waals surface area contributed by atoms with E-state index in [4.69, 9.17) is 5.73 Å². The standard InChI is InChI=1S/C18H27FN2O2/c1-12(2)15(20)16(22)21-10-9-18(23,17(3,4)11-21)13-5-7-14(19)8-6-13/h5-8,12,15,23H,9-11,20H2,1-4H3/t15?,18-/m1/s1. The quantitative estimate of drug-likeness (QED) is 0.897. The Hall–Kier alpha value is -1.46. The maximum Gasteiger partial charge on any atom is 0.239 e. The summed E-state index contributed by atoms with van der Waals surface area (Å²) in [5.41, 5.74) is 5.01. The van der Waals surface area contributed by atoms with Crippen LogP contribution in [0, 0.1) is 17.2 Å². The molecule has 2 atom stereocenters. The van der Waals surface area contributed by atoms with Gasteiger partial charge in [0.25, 0.3) is 0 Å². The molecule has 1 aliphatic heterocycles. The number of hydrogen-bond acceptors (Lipinski definition) is 3. The van der Waals surface area contributed by atoms with Gasteiger partial charge in [0.2, 0.25) is 5.91 Å². The Morgan fingerprint density at radius 1 is 1.30 bits per heavy atom. The fraction of sp³-hybridized carbons (Fsp3) is 0.611. The molecule has 0 radical (unpaired) electrons. The van der Waals surface area contributed by atoms with Gasteiger partial charge in [0.15, 0.2) is 0 Å². The number of nitrogens with two attached hydrogens (primary N) is 1. The van der Waals surface area contributed by atoms with E-state index in [2.05, 4.69) is 0 Å². The summed E-state index contributed by atoms with van der Waals surface area (Å²) in [6.45, 7) is 8.56. The average Bonchev–Trinajstić information content (AvgIpc) is 2.49. The molecule has 3 N–H and O–H groups in total. The molecule has 0 aromatic heterocycles. The number of nitrogens with zero attached hydrogens (tertiary/aromatic N) is 1. The highest BCUT2D eigenvalue weighted by Gasteiger charge is 2.50. The third-order valence-corrected chi connectivity index (χ3v) is 5.09. The molecule has 23 heavy (non-hydrogen) atoms. The van der Waals surface area contributed by atoms with Crippen molar-refractivity contribution in [3.05, 3.63) is 35.6 Å². The van der Waals surface area contributed by atoms with Crippen LogP contribution >= 0.6 is 0 Å². The molecule has 0 spiro atoms. The first kappa shape index (κ1) is 17.9. The molecule has 0 bridgehead atoms. The number of benzene rings is 1. The fourth-order valence-corrected chi connectivity index (χ4v) is 3.27. The molecule has 1 aromatic rings. The van der Waals surface area contributed by atoms with Gasteiger partial charge in [-0.25, -0.2) is 4.39 Å².